The molecule has 0 unspecified atom stereocenters. The first-order valence-corrected chi connectivity index (χ1v) is 9.47. The van der Waals surface area contributed by atoms with Gasteiger partial charge in [0, 0.05) is 0 Å². The summed E-state index contributed by atoms with van der Waals surface area (Å²) in [7, 11) is 0. The third kappa shape index (κ3) is 3.32. The van der Waals surface area contributed by atoms with E-state index in [0.29, 0.717) is 17.4 Å². The maximum absolute atomic E-state index is 14.4. The van der Waals surface area contributed by atoms with Gasteiger partial charge in [-0.05, 0) is 77.8 Å². The monoisotopic (exact) mass is 384 g/mol. The smallest absolute Gasteiger partial charge is 0.195 e. The molecule has 0 aliphatic heterocycles. The normalized spacial score (nSPS) is 19.7. The van der Waals surface area contributed by atoms with Crippen molar-refractivity contribution in [1.82, 2.24) is 0 Å². The summed E-state index contributed by atoms with van der Waals surface area (Å²) in [6, 6.07) is 11.3. The van der Waals surface area contributed by atoms with Crippen molar-refractivity contribution in [3.8, 4) is 11.1 Å². The van der Waals surface area contributed by atoms with E-state index < -0.39 is 28.7 Å². The second-order valence-corrected chi connectivity index (χ2v) is 7.51. The molecule has 0 atom stereocenters. The zero-order chi connectivity index (χ0) is 19.8. The van der Waals surface area contributed by atoms with Crippen LogP contribution in [0.4, 0.5) is 17.6 Å². The van der Waals surface area contributed by atoms with Crippen LogP contribution in [0.5, 0.6) is 0 Å². The molecule has 0 saturated heterocycles. The number of allylic oxidation sites excluding steroid dienone is 1. The Balaban J connectivity index is 1.65. The Bertz CT molecular complexity index is 1030. The van der Waals surface area contributed by atoms with Crippen LogP contribution >= 0.6 is 0 Å². The molecule has 1 fully saturated rings. The number of rotatable bonds is 3. The SMILES string of the molecule is C=CC1CCC(c2ccc(-c3cc(F)c4c(F)c(F)c(F)cc4c3)cc2)CC1. The molecular weight excluding hydrogens is 364 g/mol. The van der Waals surface area contributed by atoms with Crippen molar-refractivity contribution in [2.45, 2.75) is 31.6 Å². The Hall–Kier alpha value is -2.62. The van der Waals surface area contributed by atoms with Gasteiger partial charge in [-0.1, -0.05) is 30.3 Å². The molecule has 0 aromatic heterocycles. The van der Waals surface area contributed by atoms with Gasteiger partial charge in [0.2, 0.25) is 0 Å². The average Bonchev–Trinajstić information content (AvgIpc) is 2.72. The van der Waals surface area contributed by atoms with Crippen molar-refractivity contribution < 1.29 is 17.6 Å². The maximum Gasteiger partial charge on any atom is 0.195 e. The molecule has 3 aromatic carbocycles. The molecule has 0 N–H and O–H groups in total. The number of halogens is 4. The van der Waals surface area contributed by atoms with Crippen LogP contribution in [-0.4, -0.2) is 0 Å². The van der Waals surface area contributed by atoms with Gasteiger partial charge in [0.25, 0.3) is 0 Å². The van der Waals surface area contributed by atoms with Gasteiger partial charge in [0.15, 0.2) is 17.5 Å². The number of hydrogen-bond acceptors (Lipinski definition) is 0. The quantitative estimate of drug-likeness (QED) is 0.249. The van der Waals surface area contributed by atoms with Gasteiger partial charge in [-0.15, -0.1) is 6.58 Å². The van der Waals surface area contributed by atoms with E-state index in [-0.39, 0.29) is 5.39 Å². The third-order valence-corrected chi connectivity index (χ3v) is 5.85. The molecule has 0 nitrogen and oxygen atoms in total. The standard InChI is InChI=1S/C24H20F4/c1-2-14-3-5-15(6-4-14)16-7-9-17(10-8-16)18-11-19-13-21(26)23(27)24(28)22(19)20(25)12-18/h2,7-15H,1,3-6H2. The summed E-state index contributed by atoms with van der Waals surface area (Å²) >= 11 is 0. The molecule has 0 heterocycles. The third-order valence-electron chi connectivity index (χ3n) is 5.85. The molecule has 4 heteroatoms. The van der Waals surface area contributed by atoms with E-state index in [1.807, 2.05) is 30.3 Å². The Morgan fingerprint density at radius 3 is 2.07 bits per heavy atom. The Kier molecular flexibility index (Phi) is 4.96. The van der Waals surface area contributed by atoms with Gasteiger partial charge in [0.1, 0.15) is 5.82 Å². The van der Waals surface area contributed by atoms with Gasteiger partial charge in [0.05, 0.1) is 5.39 Å². The summed E-state index contributed by atoms with van der Waals surface area (Å²) in [5, 5.41) is -0.531. The predicted molar refractivity (Wildman–Crippen MR) is 104 cm³/mol. The fraction of sp³-hybridized carbons (Fsp3) is 0.250. The van der Waals surface area contributed by atoms with E-state index in [2.05, 4.69) is 6.58 Å². The van der Waals surface area contributed by atoms with Crippen LogP contribution in [0.1, 0.15) is 37.2 Å². The van der Waals surface area contributed by atoms with E-state index >= 15 is 0 Å². The molecule has 4 rings (SSSR count). The highest BCUT2D eigenvalue weighted by Gasteiger charge is 2.21. The van der Waals surface area contributed by atoms with Gasteiger partial charge in [-0.3, -0.25) is 0 Å². The first-order valence-electron chi connectivity index (χ1n) is 9.47. The lowest BCUT2D eigenvalue weighted by Gasteiger charge is -2.27. The summed E-state index contributed by atoms with van der Waals surface area (Å²) in [6.45, 7) is 3.87. The zero-order valence-corrected chi connectivity index (χ0v) is 15.3. The minimum atomic E-state index is -1.66. The van der Waals surface area contributed by atoms with Crippen LogP contribution in [0.25, 0.3) is 21.9 Å². The van der Waals surface area contributed by atoms with Gasteiger partial charge >= 0.3 is 0 Å². The summed E-state index contributed by atoms with van der Waals surface area (Å²) in [6.07, 6.45) is 6.54. The molecule has 1 saturated carbocycles. The van der Waals surface area contributed by atoms with Crippen molar-refractivity contribution in [2.75, 3.05) is 0 Å². The van der Waals surface area contributed by atoms with Crippen LogP contribution in [0, 0.1) is 29.2 Å². The highest BCUT2D eigenvalue weighted by Crippen LogP contribution is 2.37. The average molecular weight is 384 g/mol. The number of benzene rings is 3. The number of hydrogen-bond donors (Lipinski definition) is 0. The molecule has 0 spiro atoms. The lowest BCUT2D eigenvalue weighted by atomic mass is 9.78. The largest absolute Gasteiger partial charge is 0.206 e. The van der Waals surface area contributed by atoms with Crippen molar-refractivity contribution in [1.29, 1.82) is 0 Å². The van der Waals surface area contributed by atoms with Crippen LogP contribution in [0.15, 0.2) is 55.1 Å². The molecule has 1 aliphatic rings. The minimum Gasteiger partial charge on any atom is -0.206 e. The van der Waals surface area contributed by atoms with E-state index in [1.165, 1.54) is 11.6 Å². The lowest BCUT2D eigenvalue weighted by molar-refractivity contribution is 0.376. The van der Waals surface area contributed by atoms with Crippen molar-refractivity contribution in [2.24, 2.45) is 5.92 Å². The van der Waals surface area contributed by atoms with Crippen LogP contribution in [0.2, 0.25) is 0 Å². The van der Waals surface area contributed by atoms with Gasteiger partial charge < -0.3 is 0 Å². The molecule has 3 aromatic rings. The molecule has 0 amide bonds. The molecule has 144 valence electrons. The lowest BCUT2D eigenvalue weighted by Crippen LogP contribution is -2.11. The van der Waals surface area contributed by atoms with Crippen LogP contribution in [0.3, 0.4) is 0 Å². The van der Waals surface area contributed by atoms with Gasteiger partial charge in [-0.25, -0.2) is 17.6 Å². The fourth-order valence-electron chi connectivity index (χ4n) is 4.19. The molecule has 0 radical (unpaired) electrons. The van der Waals surface area contributed by atoms with Crippen molar-refractivity contribution in [3.05, 3.63) is 84.0 Å². The highest BCUT2D eigenvalue weighted by atomic mass is 19.2. The first kappa shape index (κ1) is 18.7. The summed E-state index contributed by atoms with van der Waals surface area (Å²) < 4.78 is 55.3. The minimum absolute atomic E-state index is 0.00164. The molecule has 28 heavy (non-hydrogen) atoms. The topological polar surface area (TPSA) is 0 Å². The predicted octanol–water partition coefficient (Wildman–Crippen LogP) is 7.52. The van der Waals surface area contributed by atoms with Crippen molar-refractivity contribution in [3.63, 3.8) is 0 Å². The molecule has 0 bridgehead atoms. The van der Waals surface area contributed by atoms with Crippen LogP contribution in [-0.2, 0) is 0 Å². The Labute approximate surface area is 161 Å². The van der Waals surface area contributed by atoms with E-state index in [0.717, 1.165) is 43.4 Å². The maximum atomic E-state index is 14.4. The summed E-state index contributed by atoms with van der Waals surface area (Å²) in [4.78, 5) is 0. The Morgan fingerprint density at radius 1 is 0.750 bits per heavy atom. The fourth-order valence-corrected chi connectivity index (χ4v) is 4.19. The second kappa shape index (κ2) is 7.42. The molecule has 1 aliphatic carbocycles. The van der Waals surface area contributed by atoms with Crippen LogP contribution < -0.4 is 0 Å². The van der Waals surface area contributed by atoms with Gasteiger partial charge in [-0.2, -0.15) is 0 Å². The van der Waals surface area contributed by atoms with E-state index in [1.54, 1.807) is 0 Å². The Morgan fingerprint density at radius 2 is 1.43 bits per heavy atom. The number of fused-ring (bicyclic) bond motifs is 1. The van der Waals surface area contributed by atoms with E-state index in [4.69, 9.17) is 0 Å². The zero-order valence-electron chi connectivity index (χ0n) is 15.3. The first-order chi connectivity index (χ1) is 13.5. The van der Waals surface area contributed by atoms with Crippen molar-refractivity contribution >= 4 is 10.8 Å². The second-order valence-electron chi connectivity index (χ2n) is 7.51. The highest BCUT2D eigenvalue weighted by molar-refractivity contribution is 5.88. The summed E-state index contributed by atoms with van der Waals surface area (Å²) in [5.74, 6) is -4.28. The van der Waals surface area contributed by atoms with E-state index in [9.17, 15) is 17.6 Å². The molecular formula is C24H20F4. The summed E-state index contributed by atoms with van der Waals surface area (Å²) in [5.41, 5.74) is 2.48.